The molecule has 0 aliphatic carbocycles. The Labute approximate surface area is 171 Å². The van der Waals surface area contributed by atoms with E-state index in [4.69, 9.17) is 9.47 Å². The Hall–Kier alpha value is -1.53. The summed E-state index contributed by atoms with van der Waals surface area (Å²) in [7, 11) is 3.93. The minimum absolute atomic E-state index is 0. The smallest absolute Gasteiger partial charge is 0.123 e. The van der Waals surface area contributed by atoms with Crippen molar-refractivity contribution in [1.29, 1.82) is 0 Å². The molecule has 6 heteroatoms. The van der Waals surface area contributed by atoms with Crippen LogP contribution in [0.4, 0.5) is 8.78 Å². The molecular formula is C22H26ClF2NO2. The number of hydrogen-bond donors (Lipinski definition) is 0. The van der Waals surface area contributed by atoms with Crippen molar-refractivity contribution < 1.29 is 18.3 Å². The van der Waals surface area contributed by atoms with Gasteiger partial charge in [-0.15, -0.1) is 12.4 Å². The van der Waals surface area contributed by atoms with Crippen molar-refractivity contribution in [2.24, 2.45) is 0 Å². The standard InChI is InChI=1S/C22H25F2NO2.ClH/c1-25-18-11-19(13-20(25)21(12-18)26-2)27-22(14-3-7-16(23)8-4-14)15-5-9-17(24)10-6-15;/h3-10,18-22H,11-13H2,1-2H3;1H/t18?,19-,20?,21+;/m0./s1. The molecule has 0 radical (unpaired) electrons. The molecule has 4 atom stereocenters. The zero-order valence-electron chi connectivity index (χ0n) is 16.1. The second kappa shape index (κ2) is 8.87. The Balaban J connectivity index is 0.00000225. The number of hydrogen-bond acceptors (Lipinski definition) is 3. The number of rotatable bonds is 5. The molecule has 0 amide bonds. The fourth-order valence-electron chi connectivity index (χ4n) is 4.56. The average molecular weight is 410 g/mol. The van der Waals surface area contributed by atoms with Gasteiger partial charge in [0.2, 0.25) is 0 Å². The van der Waals surface area contributed by atoms with Gasteiger partial charge >= 0.3 is 0 Å². The molecule has 28 heavy (non-hydrogen) atoms. The lowest BCUT2D eigenvalue weighted by atomic mass is 9.97. The molecule has 152 valence electrons. The van der Waals surface area contributed by atoms with Gasteiger partial charge in [-0.25, -0.2) is 8.78 Å². The van der Waals surface area contributed by atoms with Gasteiger partial charge < -0.3 is 9.47 Å². The van der Waals surface area contributed by atoms with Crippen molar-refractivity contribution in [3.05, 3.63) is 71.3 Å². The van der Waals surface area contributed by atoms with Crippen LogP contribution in [-0.2, 0) is 9.47 Å². The molecule has 2 aromatic carbocycles. The van der Waals surface area contributed by atoms with Crippen LogP contribution in [0.25, 0.3) is 0 Å². The van der Waals surface area contributed by atoms with Gasteiger partial charge in [0.15, 0.2) is 0 Å². The third-order valence-electron chi connectivity index (χ3n) is 6.05. The van der Waals surface area contributed by atoms with Gasteiger partial charge in [0.05, 0.1) is 12.2 Å². The van der Waals surface area contributed by atoms with E-state index in [-0.39, 0.29) is 42.4 Å². The molecule has 3 nitrogen and oxygen atoms in total. The number of ether oxygens (including phenoxy) is 2. The van der Waals surface area contributed by atoms with Crippen molar-refractivity contribution in [3.8, 4) is 0 Å². The summed E-state index contributed by atoms with van der Waals surface area (Å²) < 4.78 is 39.0. The topological polar surface area (TPSA) is 21.7 Å². The summed E-state index contributed by atoms with van der Waals surface area (Å²) in [5.74, 6) is -0.561. The average Bonchev–Trinajstić information content (AvgIpc) is 2.85. The molecule has 2 aromatic rings. The molecule has 0 N–H and O–H groups in total. The van der Waals surface area contributed by atoms with E-state index in [1.807, 2.05) is 0 Å². The van der Waals surface area contributed by atoms with Gasteiger partial charge in [0, 0.05) is 19.2 Å². The molecule has 2 bridgehead atoms. The number of piperidine rings is 1. The van der Waals surface area contributed by atoms with Gasteiger partial charge in [-0.1, -0.05) is 24.3 Å². The first-order valence-electron chi connectivity index (χ1n) is 9.46. The third-order valence-corrected chi connectivity index (χ3v) is 6.05. The van der Waals surface area contributed by atoms with Crippen LogP contribution in [0, 0.1) is 11.6 Å². The van der Waals surface area contributed by atoms with Gasteiger partial charge in [-0.05, 0) is 61.7 Å². The van der Waals surface area contributed by atoms with E-state index in [9.17, 15) is 8.78 Å². The lowest BCUT2D eigenvalue weighted by Crippen LogP contribution is -2.45. The first-order valence-corrected chi connectivity index (χ1v) is 9.46. The molecule has 0 aromatic heterocycles. The normalized spacial score (nSPS) is 27.0. The van der Waals surface area contributed by atoms with E-state index >= 15 is 0 Å². The fourth-order valence-corrected chi connectivity index (χ4v) is 4.56. The molecule has 4 rings (SSSR count). The van der Waals surface area contributed by atoms with Gasteiger partial charge in [0.25, 0.3) is 0 Å². The zero-order chi connectivity index (χ0) is 19.0. The second-order valence-corrected chi connectivity index (χ2v) is 7.61. The van der Waals surface area contributed by atoms with Gasteiger partial charge in [-0.3, -0.25) is 4.90 Å². The molecule has 2 aliphatic heterocycles. The molecule has 2 saturated heterocycles. The Kier molecular flexibility index (Phi) is 6.71. The van der Waals surface area contributed by atoms with E-state index < -0.39 is 0 Å². The largest absolute Gasteiger partial charge is 0.380 e. The Morgan fingerprint density at radius 3 is 1.93 bits per heavy atom. The maximum absolute atomic E-state index is 13.4. The summed E-state index contributed by atoms with van der Waals surface area (Å²) >= 11 is 0. The summed E-state index contributed by atoms with van der Waals surface area (Å²) in [6.07, 6.45) is 2.82. The van der Waals surface area contributed by atoms with Crippen molar-refractivity contribution >= 4 is 12.4 Å². The highest BCUT2D eigenvalue weighted by molar-refractivity contribution is 5.85. The highest BCUT2D eigenvalue weighted by Crippen LogP contribution is 2.39. The first kappa shape index (κ1) is 21.2. The Bertz CT molecular complexity index is 726. The second-order valence-electron chi connectivity index (χ2n) is 7.61. The van der Waals surface area contributed by atoms with Crippen LogP contribution in [0.3, 0.4) is 0 Å². The molecule has 2 aliphatic rings. The number of nitrogens with zero attached hydrogens (tertiary/aromatic N) is 1. The van der Waals surface area contributed by atoms with E-state index in [2.05, 4.69) is 11.9 Å². The Morgan fingerprint density at radius 2 is 1.43 bits per heavy atom. The predicted molar refractivity (Wildman–Crippen MR) is 107 cm³/mol. The minimum Gasteiger partial charge on any atom is -0.380 e. The van der Waals surface area contributed by atoms with Gasteiger partial charge in [-0.2, -0.15) is 0 Å². The number of fused-ring (bicyclic) bond motifs is 2. The van der Waals surface area contributed by atoms with Crippen molar-refractivity contribution in [2.75, 3.05) is 14.2 Å². The van der Waals surface area contributed by atoms with Crippen LogP contribution >= 0.6 is 12.4 Å². The predicted octanol–water partition coefficient (Wildman–Crippen LogP) is 4.74. The Morgan fingerprint density at radius 1 is 0.893 bits per heavy atom. The first-order chi connectivity index (χ1) is 13.0. The number of benzene rings is 2. The van der Waals surface area contributed by atoms with Crippen LogP contribution in [-0.4, -0.2) is 43.3 Å². The van der Waals surface area contributed by atoms with Crippen molar-refractivity contribution in [1.82, 2.24) is 4.90 Å². The monoisotopic (exact) mass is 409 g/mol. The summed E-state index contributed by atoms with van der Waals surface area (Å²) in [5.41, 5.74) is 1.75. The van der Waals surface area contributed by atoms with Crippen LogP contribution in [0.15, 0.2) is 48.5 Å². The van der Waals surface area contributed by atoms with E-state index in [0.717, 1.165) is 30.4 Å². The van der Waals surface area contributed by atoms with Crippen LogP contribution < -0.4 is 0 Å². The quantitative estimate of drug-likeness (QED) is 0.711. The van der Waals surface area contributed by atoms with E-state index in [0.29, 0.717) is 12.1 Å². The maximum atomic E-state index is 13.4. The SMILES string of the molecule is CO[C@@H]1CC2C[C@H](OC(c3ccc(F)cc3)c3ccc(F)cc3)CC1N2C.Cl. The van der Waals surface area contributed by atoms with Crippen LogP contribution in [0.2, 0.25) is 0 Å². The van der Waals surface area contributed by atoms with Gasteiger partial charge in [0.1, 0.15) is 17.7 Å². The molecule has 2 fully saturated rings. The zero-order valence-corrected chi connectivity index (χ0v) is 16.9. The summed E-state index contributed by atoms with van der Waals surface area (Å²) in [6.45, 7) is 0. The lowest BCUT2D eigenvalue weighted by molar-refractivity contribution is -0.0523. The summed E-state index contributed by atoms with van der Waals surface area (Å²) in [6, 6.07) is 13.5. The highest BCUT2D eigenvalue weighted by Gasteiger charge is 2.46. The number of halogens is 3. The summed E-state index contributed by atoms with van der Waals surface area (Å²) in [4.78, 5) is 2.40. The maximum Gasteiger partial charge on any atom is 0.123 e. The van der Waals surface area contributed by atoms with E-state index in [1.54, 1.807) is 31.4 Å². The molecule has 2 unspecified atom stereocenters. The van der Waals surface area contributed by atoms with Crippen LogP contribution in [0.5, 0.6) is 0 Å². The molecule has 0 saturated carbocycles. The number of likely N-dealkylation sites (N-methyl/N-ethyl adjacent to an activating group) is 1. The number of methoxy groups -OCH3 is 1. The molecule has 0 spiro atoms. The third kappa shape index (κ3) is 4.23. The van der Waals surface area contributed by atoms with Crippen molar-refractivity contribution in [2.45, 2.75) is 49.7 Å². The van der Waals surface area contributed by atoms with Crippen molar-refractivity contribution in [3.63, 3.8) is 0 Å². The highest BCUT2D eigenvalue weighted by atomic mass is 35.5. The lowest BCUT2D eigenvalue weighted by Gasteiger charge is -2.38. The van der Waals surface area contributed by atoms with Crippen LogP contribution in [0.1, 0.15) is 36.5 Å². The summed E-state index contributed by atoms with van der Waals surface area (Å²) in [5, 5.41) is 0. The molecular weight excluding hydrogens is 384 g/mol. The molecule has 2 heterocycles. The minimum atomic E-state index is -0.347. The van der Waals surface area contributed by atoms with E-state index in [1.165, 1.54) is 24.3 Å². The fraction of sp³-hybridized carbons (Fsp3) is 0.455.